The summed E-state index contributed by atoms with van der Waals surface area (Å²) in [5.41, 5.74) is 6.29. The van der Waals surface area contributed by atoms with E-state index in [1.54, 1.807) is 18.0 Å². The van der Waals surface area contributed by atoms with Crippen LogP contribution in [0, 0.1) is 6.92 Å². The van der Waals surface area contributed by atoms with Crippen molar-refractivity contribution in [3.63, 3.8) is 0 Å². The van der Waals surface area contributed by atoms with Gasteiger partial charge in [0.15, 0.2) is 5.16 Å². The second-order valence-electron chi connectivity index (χ2n) is 9.03. The predicted molar refractivity (Wildman–Crippen MR) is 143 cm³/mol. The Hall–Kier alpha value is -3.20. The minimum atomic E-state index is -0.0325. The number of carbonyl (C=O) groups is 1. The maximum absolute atomic E-state index is 12.5. The van der Waals surface area contributed by atoms with Crippen LogP contribution >= 0.6 is 11.8 Å². The fourth-order valence-corrected chi connectivity index (χ4v) is 5.21. The number of benzene rings is 2. The lowest BCUT2D eigenvalue weighted by molar-refractivity contribution is 0.0383. The van der Waals surface area contributed by atoms with Crippen LogP contribution in [0.4, 0.5) is 0 Å². The summed E-state index contributed by atoms with van der Waals surface area (Å²) in [5.74, 6) is 0.735. The minimum absolute atomic E-state index is 0.0325. The van der Waals surface area contributed by atoms with Crippen LogP contribution in [0.1, 0.15) is 27.0 Å². The lowest BCUT2D eigenvalue weighted by atomic mass is 10.1. The molecule has 0 bridgehead atoms. The Morgan fingerprint density at radius 2 is 1.78 bits per heavy atom. The van der Waals surface area contributed by atoms with Crippen molar-refractivity contribution in [1.29, 1.82) is 0 Å². The minimum Gasteiger partial charge on any atom is -0.379 e. The molecular formula is C28H31N5O2S. The number of amides is 1. The van der Waals surface area contributed by atoms with E-state index < -0.39 is 0 Å². The van der Waals surface area contributed by atoms with Gasteiger partial charge in [0.05, 0.1) is 37.0 Å². The highest BCUT2D eigenvalue weighted by Gasteiger charge is 2.14. The Labute approximate surface area is 215 Å². The molecule has 186 valence electrons. The van der Waals surface area contributed by atoms with Crippen LogP contribution in [0.15, 0.2) is 72.1 Å². The molecule has 0 saturated carbocycles. The molecule has 0 spiro atoms. The summed E-state index contributed by atoms with van der Waals surface area (Å²) in [6, 6.07) is 18.4. The number of hydrogen-bond acceptors (Lipinski definition) is 6. The first kappa shape index (κ1) is 24.5. The molecule has 1 aliphatic rings. The highest BCUT2D eigenvalue weighted by molar-refractivity contribution is 7.98. The lowest BCUT2D eigenvalue weighted by Crippen LogP contribution is -2.41. The zero-order chi connectivity index (χ0) is 24.7. The molecule has 1 amide bonds. The molecule has 7 nitrogen and oxygen atoms in total. The molecule has 2 aromatic carbocycles. The summed E-state index contributed by atoms with van der Waals surface area (Å²) in [7, 11) is 0. The quantitative estimate of drug-likeness (QED) is 0.348. The average molecular weight is 502 g/mol. The summed E-state index contributed by atoms with van der Waals surface area (Å²) >= 11 is 1.70. The van der Waals surface area contributed by atoms with Crippen LogP contribution in [-0.4, -0.2) is 64.7 Å². The number of imidazole rings is 1. The van der Waals surface area contributed by atoms with Gasteiger partial charge < -0.3 is 14.6 Å². The van der Waals surface area contributed by atoms with Crippen molar-refractivity contribution in [1.82, 2.24) is 24.8 Å². The normalized spacial score (nSPS) is 14.2. The summed E-state index contributed by atoms with van der Waals surface area (Å²) in [6.07, 6.45) is 3.66. The summed E-state index contributed by atoms with van der Waals surface area (Å²) in [5, 5.41) is 3.99. The van der Waals surface area contributed by atoms with Crippen molar-refractivity contribution in [3.8, 4) is 0 Å². The zero-order valence-corrected chi connectivity index (χ0v) is 21.3. The second-order valence-corrected chi connectivity index (χ2v) is 9.97. The molecule has 0 radical (unpaired) electrons. The number of aryl methyl sites for hydroxylation is 1. The van der Waals surface area contributed by atoms with Crippen molar-refractivity contribution >= 4 is 28.7 Å². The maximum Gasteiger partial charge on any atom is 0.251 e. The number of nitrogens with one attached hydrogen (secondary N) is 1. The first-order valence-corrected chi connectivity index (χ1v) is 13.3. The van der Waals surface area contributed by atoms with Gasteiger partial charge in [-0.2, -0.15) is 0 Å². The van der Waals surface area contributed by atoms with Crippen molar-refractivity contribution in [2.24, 2.45) is 0 Å². The van der Waals surface area contributed by atoms with E-state index in [0.29, 0.717) is 12.1 Å². The number of pyridine rings is 1. The van der Waals surface area contributed by atoms with E-state index in [1.165, 1.54) is 11.1 Å². The number of aromatic nitrogens is 3. The van der Waals surface area contributed by atoms with Crippen molar-refractivity contribution in [2.75, 3.05) is 39.4 Å². The van der Waals surface area contributed by atoms with Gasteiger partial charge in [0.25, 0.3) is 5.91 Å². The topological polar surface area (TPSA) is 72.3 Å². The van der Waals surface area contributed by atoms with E-state index in [2.05, 4.69) is 51.0 Å². The Morgan fingerprint density at radius 3 is 2.56 bits per heavy atom. The summed E-state index contributed by atoms with van der Waals surface area (Å²) in [4.78, 5) is 24.0. The fraction of sp³-hybridized carbons (Fsp3) is 0.321. The van der Waals surface area contributed by atoms with E-state index in [1.807, 2.05) is 36.5 Å². The molecule has 1 fully saturated rings. The fourth-order valence-electron chi connectivity index (χ4n) is 4.24. The van der Waals surface area contributed by atoms with Crippen LogP contribution < -0.4 is 5.32 Å². The molecule has 2 aromatic heterocycles. The molecule has 0 atom stereocenters. The molecule has 4 aromatic rings. The zero-order valence-electron chi connectivity index (χ0n) is 20.5. The Balaban J connectivity index is 1.20. The number of fused-ring (bicyclic) bond motifs is 1. The van der Waals surface area contributed by atoms with Crippen LogP contribution in [-0.2, 0) is 17.0 Å². The van der Waals surface area contributed by atoms with E-state index in [9.17, 15) is 4.79 Å². The number of nitrogens with zero attached hydrogens (tertiary/aromatic N) is 4. The Kier molecular flexibility index (Phi) is 7.95. The molecular weight excluding hydrogens is 470 g/mol. The van der Waals surface area contributed by atoms with Gasteiger partial charge in [0, 0.05) is 43.7 Å². The number of carbonyl (C=O) groups excluding carboxylic acids is 1. The molecule has 5 rings (SSSR count). The van der Waals surface area contributed by atoms with Gasteiger partial charge in [-0.15, -0.1) is 0 Å². The highest BCUT2D eigenvalue weighted by Crippen LogP contribution is 2.27. The molecule has 1 aliphatic heterocycles. The molecule has 0 unspecified atom stereocenters. The molecule has 1 N–H and O–H groups in total. The lowest BCUT2D eigenvalue weighted by Gasteiger charge is -2.26. The van der Waals surface area contributed by atoms with E-state index in [-0.39, 0.29) is 5.91 Å². The van der Waals surface area contributed by atoms with Crippen LogP contribution in [0.25, 0.3) is 11.0 Å². The van der Waals surface area contributed by atoms with Crippen molar-refractivity contribution in [2.45, 2.75) is 24.4 Å². The van der Waals surface area contributed by atoms with Crippen molar-refractivity contribution in [3.05, 3.63) is 89.2 Å². The van der Waals surface area contributed by atoms with Gasteiger partial charge >= 0.3 is 0 Å². The third kappa shape index (κ3) is 6.13. The van der Waals surface area contributed by atoms with Gasteiger partial charge in [0.2, 0.25) is 0 Å². The maximum atomic E-state index is 12.5. The number of rotatable bonds is 9. The van der Waals surface area contributed by atoms with Crippen molar-refractivity contribution < 1.29 is 9.53 Å². The molecule has 3 heterocycles. The number of thioether (sulfide) groups is 1. The predicted octanol–water partition coefficient (Wildman–Crippen LogP) is 4.14. The van der Waals surface area contributed by atoms with E-state index in [0.717, 1.165) is 66.9 Å². The number of morpholine rings is 1. The summed E-state index contributed by atoms with van der Waals surface area (Å²) < 4.78 is 7.60. The third-order valence-corrected chi connectivity index (χ3v) is 7.43. The average Bonchev–Trinajstić information content (AvgIpc) is 3.27. The molecule has 1 saturated heterocycles. The van der Waals surface area contributed by atoms with Gasteiger partial charge in [-0.05, 0) is 36.2 Å². The van der Waals surface area contributed by atoms with E-state index >= 15 is 0 Å². The third-order valence-electron chi connectivity index (χ3n) is 6.38. The van der Waals surface area contributed by atoms with Gasteiger partial charge in [-0.25, -0.2) is 4.98 Å². The first-order valence-electron chi connectivity index (χ1n) is 12.3. The van der Waals surface area contributed by atoms with Crippen LogP contribution in [0.2, 0.25) is 0 Å². The van der Waals surface area contributed by atoms with E-state index in [4.69, 9.17) is 9.72 Å². The van der Waals surface area contributed by atoms with Gasteiger partial charge in [0.1, 0.15) is 0 Å². The number of ether oxygens (including phenoxy) is 1. The SMILES string of the molecule is Cc1ccc(Cn2c(SCc3ccc(C(=O)NCCN4CCOCC4)cc3)nc3ccncc32)cc1. The number of hydrogen-bond donors (Lipinski definition) is 1. The summed E-state index contributed by atoms with van der Waals surface area (Å²) in [6.45, 7) is 7.73. The standard InChI is InChI=1S/C28H31N5O2S/c1-21-2-4-22(5-3-21)19-33-26-18-29-11-10-25(26)31-28(33)36-20-23-6-8-24(9-7-23)27(34)30-12-13-32-14-16-35-17-15-32/h2-11,18H,12-17,19-20H2,1H3,(H,30,34). The Morgan fingerprint density at radius 1 is 1.03 bits per heavy atom. The second kappa shape index (κ2) is 11.7. The van der Waals surface area contributed by atoms with Crippen LogP contribution in [0.3, 0.4) is 0 Å². The monoisotopic (exact) mass is 501 g/mol. The Bertz CT molecular complexity index is 1300. The molecule has 36 heavy (non-hydrogen) atoms. The highest BCUT2D eigenvalue weighted by atomic mass is 32.2. The van der Waals surface area contributed by atoms with Gasteiger partial charge in [-0.1, -0.05) is 53.7 Å². The smallest absolute Gasteiger partial charge is 0.251 e. The van der Waals surface area contributed by atoms with Gasteiger partial charge in [-0.3, -0.25) is 14.7 Å². The first-order chi connectivity index (χ1) is 17.7. The molecule has 8 heteroatoms. The molecule has 0 aliphatic carbocycles. The van der Waals surface area contributed by atoms with Crippen LogP contribution in [0.5, 0.6) is 0 Å². The largest absolute Gasteiger partial charge is 0.379 e.